The number of rotatable bonds is 3. The average Bonchev–Trinajstić information content (AvgIpc) is 2.77. The quantitative estimate of drug-likeness (QED) is 0.788. The van der Waals surface area contributed by atoms with Gasteiger partial charge in [-0.2, -0.15) is 0 Å². The van der Waals surface area contributed by atoms with E-state index in [4.69, 9.17) is 9.15 Å². The summed E-state index contributed by atoms with van der Waals surface area (Å²) in [7, 11) is 0. The minimum atomic E-state index is -0.239. The van der Waals surface area contributed by atoms with Gasteiger partial charge in [-0.25, -0.2) is 4.98 Å². The van der Waals surface area contributed by atoms with Crippen molar-refractivity contribution in [3.05, 3.63) is 17.3 Å². The molecule has 6 nitrogen and oxygen atoms in total. The van der Waals surface area contributed by atoms with Crippen LogP contribution >= 0.6 is 0 Å². The first-order valence-electron chi connectivity index (χ1n) is 6.92. The van der Waals surface area contributed by atoms with Gasteiger partial charge in [-0.05, 0) is 26.7 Å². The third-order valence-corrected chi connectivity index (χ3v) is 3.43. The maximum Gasteiger partial charge on any atom is 0.310 e. The summed E-state index contributed by atoms with van der Waals surface area (Å²) in [4.78, 5) is 29.9. The molecular weight excluding hydrogens is 260 g/mol. The van der Waals surface area contributed by atoms with Crippen LogP contribution in [0.25, 0.3) is 0 Å². The van der Waals surface area contributed by atoms with Crippen molar-refractivity contribution in [3.63, 3.8) is 0 Å². The fraction of sp³-hybridized carbons (Fsp3) is 0.643. The lowest BCUT2D eigenvalue weighted by atomic mass is 9.98. The van der Waals surface area contributed by atoms with Gasteiger partial charge in [-0.15, -0.1) is 0 Å². The standard InChI is InChI=1S/C14H20N2O4/c1-4-19-14(18)11-6-5-7-16(8-11)13(17)12-9(2)15-10(3)20-12/h11H,4-8H2,1-3H3/t11-/m1/s1. The third-order valence-electron chi connectivity index (χ3n) is 3.43. The van der Waals surface area contributed by atoms with E-state index in [0.29, 0.717) is 31.3 Å². The number of hydrogen-bond acceptors (Lipinski definition) is 5. The molecule has 0 N–H and O–H groups in total. The Bertz CT molecular complexity index is 509. The molecule has 0 saturated carbocycles. The number of esters is 1. The molecule has 20 heavy (non-hydrogen) atoms. The SMILES string of the molecule is CCOC(=O)[C@@H]1CCCN(C(=O)c2oc(C)nc2C)C1. The molecule has 1 aromatic rings. The Morgan fingerprint density at radius 1 is 1.45 bits per heavy atom. The van der Waals surface area contributed by atoms with E-state index in [-0.39, 0.29) is 23.6 Å². The summed E-state index contributed by atoms with van der Waals surface area (Å²) in [5, 5.41) is 0. The Balaban J connectivity index is 2.07. The Morgan fingerprint density at radius 2 is 2.20 bits per heavy atom. The highest BCUT2D eigenvalue weighted by Gasteiger charge is 2.31. The molecule has 0 unspecified atom stereocenters. The number of carbonyl (C=O) groups excluding carboxylic acids is 2. The number of amides is 1. The van der Waals surface area contributed by atoms with Gasteiger partial charge < -0.3 is 14.1 Å². The van der Waals surface area contributed by atoms with E-state index in [9.17, 15) is 9.59 Å². The van der Waals surface area contributed by atoms with Crippen molar-refractivity contribution in [3.8, 4) is 0 Å². The van der Waals surface area contributed by atoms with E-state index in [0.717, 1.165) is 12.8 Å². The first-order chi connectivity index (χ1) is 9.52. The molecule has 1 saturated heterocycles. The summed E-state index contributed by atoms with van der Waals surface area (Å²) in [6, 6.07) is 0. The average molecular weight is 280 g/mol. The molecule has 1 aromatic heterocycles. The zero-order valence-electron chi connectivity index (χ0n) is 12.1. The van der Waals surface area contributed by atoms with E-state index in [2.05, 4.69) is 4.98 Å². The monoisotopic (exact) mass is 280 g/mol. The molecule has 0 spiro atoms. The number of hydrogen-bond donors (Lipinski definition) is 0. The fourth-order valence-electron chi connectivity index (χ4n) is 2.49. The molecule has 0 aromatic carbocycles. The minimum absolute atomic E-state index is 0.197. The van der Waals surface area contributed by atoms with Crippen LogP contribution in [-0.4, -0.2) is 41.5 Å². The first kappa shape index (κ1) is 14.6. The maximum absolute atomic E-state index is 12.4. The minimum Gasteiger partial charge on any atom is -0.466 e. The summed E-state index contributed by atoms with van der Waals surface area (Å²) in [5.41, 5.74) is 0.589. The molecule has 0 aliphatic carbocycles. The van der Waals surface area contributed by atoms with Crippen molar-refractivity contribution in [2.24, 2.45) is 5.92 Å². The molecule has 110 valence electrons. The Labute approximate surface area is 118 Å². The lowest BCUT2D eigenvalue weighted by molar-refractivity contribution is -0.149. The summed E-state index contributed by atoms with van der Waals surface area (Å²) >= 11 is 0. The van der Waals surface area contributed by atoms with Gasteiger partial charge in [-0.1, -0.05) is 0 Å². The molecule has 1 aliphatic heterocycles. The van der Waals surface area contributed by atoms with Crippen molar-refractivity contribution in [2.75, 3.05) is 19.7 Å². The largest absolute Gasteiger partial charge is 0.466 e. The molecule has 0 bridgehead atoms. The second kappa shape index (κ2) is 6.07. The van der Waals surface area contributed by atoms with Crippen LogP contribution in [0, 0.1) is 19.8 Å². The highest BCUT2D eigenvalue weighted by molar-refractivity contribution is 5.92. The second-order valence-corrected chi connectivity index (χ2v) is 4.99. The number of ether oxygens (including phenoxy) is 1. The normalized spacial score (nSPS) is 18.9. The zero-order valence-corrected chi connectivity index (χ0v) is 12.1. The van der Waals surface area contributed by atoms with Crippen LogP contribution in [0.2, 0.25) is 0 Å². The number of carbonyl (C=O) groups is 2. The smallest absolute Gasteiger partial charge is 0.310 e. The lowest BCUT2D eigenvalue weighted by Crippen LogP contribution is -2.42. The van der Waals surface area contributed by atoms with Crippen molar-refractivity contribution in [1.82, 2.24) is 9.88 Å². The van der Waals surface area contributed by atoms with Gasteiger partial charge >= 0.3 is 5.97 Å². The summed E-state index contributed by atoms with van der Waals surface area (Å²) in [5.74, 6) is 0.0846. The molecule has 1 aliphatic rings. The van der Waals surface area contributed by atoms with Crippen molar-refractivity contribution in [1.29, 1.82) is 0 Å². The van der Waals surface area contributed by atoms with E-state index < -0.39 is 0 Å². The van der Waals surface area contributed by atoms with Crippen molar-refractivity contribution >= 4 is 11.9 Å². The molecule has 1 amide bonds. The van der Waals surface area contributed by atoms with E-state index in [1.165, 1.54) is 0 Å². The number of oxazole rings is 1. The first-order valence-corrected chi connectivity index (χ1v) is 6.92. The van der Waals surface area contributed by atoms with Crippen LogP contribution in [0.5, 0.6) is 0 Å². The van der Waals surface area contributed by atoms with Gasteiger partial charge in [0, 0.05) is 20.0 Å². The number of likely N-dealkylation sites (tertiary alicyclic amines) is 1. The van der Waals surface area contributed by atoms with Crippen LogP contribution in [0.15, 0.2) is 4.42 Å². The molecule has 6 heteroatoms. The summed E-state index contributed by atoms with van der Waals surface area (Å²) < 4.78 is 10.4. The molecule has 1 atom stereocenters. The number of aromatic nitrogens is 1. The topological polar surface area (TPSA) is 72.6 Å². The number of nitrogens with zero attached hydrogens (tertiary/aromatic N) is 2. The predicted molar refractivity (Wildman–Crippen MR) is 71.2 cm³/mol. The van der Waals surface area contributed by atoms with Crippen LogP contribution in [-0.2, 0) is 9.53 Å². The van der Waals surface area contributed by atoms with Gasteiger partial charge in [-0.3, -0.25) is 9.59 Å². The van der Waals surface area contributed by atoms with Gasteiger partial charge in [0.05, 0.1) is 18.2 Å². The van der Waals surface area contributed by atoms with Gasteiger partial charge in [0.25, 0.3) is 5.91 Å². The molecule has 1 fully saturated rings. The third kappa shape index (κ3) is 3.00. The summed E-state index contributed by atoms with van der Waals surface area (Å²) in [6.07, 6.45) is 1.55. The number of piperidine rings is 1. The summed E-state index contributed by atoms with van der Waals surface area (Å²) in [6.45, 7) is 6.62. The van der Waals surface area contributed by atoms with Gasteiger partial charge in [0.1, 0.15) is 0 Å². The van der Waals surface area contributed by atoms with Crippen LogP contribution in [0.4, 0.5) is 0 Å². The Hall–Kier alpha value is -1.85. The predicted octanol–water partition coefficient (Wildman–Crippen LogP) is 1.71. The van der Waals surface area contributed by atoms with Crippen LogP contribution in [0.1, 0.15) is 41.9 Å². The fourth-order valence-corrected chi connectivity index (χ4v) is 2.49. The maximum atomic E-state index is 12.4. The second-order valence-electron chi connectivity index (χ2n) is 4.99. The van der Waals surface area contributed by atoms with E-state index in [1.54, 1.807) is 25.7 Å². The van der Waals surface area contributed by atoms with Gasteiger partial charge in [0.15, 0.2) is 5.89 Å². The molecule has 2 heterocycles. The van der Waals surface area contributed by atoms with Crippen molar-refractivity contribution < 1.29 is 18.7 Å². The van der Waals surface area contributed by atoms with Crippen LogP contribution in [0.3, 0.4) is 0 Å². The molecule has 0 radical (unpaired) electrons. The van der Waals surface area contributed by atoms with Crippen LogP contribution < -0.4 is 0 Å². The van der Waals surface area contributed by atoms with E-state index in [1.807, 2.05) is 0 Å². The Morgan fingerprint density at radius 3 is 2.80 bits per heavy atom. The van der Waals surface area contributed by atoms with Crippen molar-refractivity contribution in [2.45, 2.75) is 33.6 Å². The molecular formula is C14H20N2O4. The Kier molecular flexibility index (Phi) is 4.42. The molecule has 2 rings (SSSR count). The highest BCUT2D eigenvalue weighted by atomic mass is 16.5. The van der Waals surface area contributed by atoms with Gasteiger partial charge in [0.2, 0.25) is 5.76 Å². The highest BCUT2D eigenvalue weighted by Crippen LogP contribution is 2.21. The lowest BCUT2D eigenvalue weighted by Gasteiger charge is -2.30. The number of aryl methyl sites for hydroxylation is 2. The zero-order chi connectivity index (χ0) is 14.7. The van der Waals surface area contributed by atoms with E-state index >= 15 is 0 Å².